The third-order valence-electron chi connectivity index (χ3n) is 11.0. The number of benzene rings is 6. The van der Waals surface area contributed by atoms with Crippen molar-refractivity contribution >= 4 is 8.74 Å². The first-order chi connectivity index (χ1) is 21.1. The summed E-state index contributed by atoms with van der Waals surface area (Å²) in [6, 6.07) is 48.4. The summed E-state index contributed by atoms with van der Waals surface area (Å²) in [5, 5.41) is -3.16. The monoisotopic (exact) mass is 572 g/mol. The Bertz CT molecular complexity index is 1780. The van der Waals surface area contributed by atoms with Gasteiger partial charge in [0.05, 0.1) is 10.1 Å². The van der Waals surface area contributed by atoms with Crippen LogP contribution in [-0.2, 0) is 10.1 Å². The van der Waals surface area contributed by atoms with Gasteiger partial charge in [0.15, 0.2) is 0 Å². The first kappa shape index (κ1) is 23.9. The average Bonchev–Trinajstić information content (AvgIpc) is 3.07. The van der Waals surface area contributed by atoms with Crippen LogP contribution in [0.1, 0.15) is 78.6 Å². The van der Waals surface area contributed by atoms with E-state index in [1.165, 1.54) is 0 Å². The van der Waals surface area contributed by atoms with Gasteiger partial charge >= 0.3 is 8.74 Å². The number of hydrogen-bond acceptors (Lipinski definition) is 0. The molecule has 43 heavy (non-hydrogen) atoms. The molecule has 204 valence electrons. The van der Waals surface area contributed by atoms with Crippen molar-refractivity contribution < 1.29 is 8.22 Å². The minimum Gasteiger partial charge on any atom is -0.267 e. The van der Waals surface area contributed by atoms with Crippen molar-refractivity contribution in [1.29, 1.82) is 0 Å². The number of halogens is 2. The highest BCUT2D eigenvalue weighted by Crippen LogP contribution is 2.71. The first-order valence-corrected chi connectivity index (χ1v) is 16.8. The molecule has 0 N–H and O–H groups in total. The highest BCUT2D eigenvalue weighted by molar-refractivity contribution is 6.76. The molecule has 0 saturated heterocycles. The maximum atomic E-state index is 19.8. The van der Waals surface area contributed by atoms with Crippen molar-refractivity contribution in [2.75, 3.05) is 0 Å². The molecule has 0 heterocycles. The van der Waals surface area contributed by atoms with E-state index >= 15 is 8.22 Å². The quantitative estimate of drug-likeness (QED) is 0.143. The second-order valence-electron chi connectivity index (χ2n) is 12.5. The lowest BCUT2D eigenvalue weighted by Crippen LogP contribution is -2.70. The van der Waals surface area contributed by atoms with Crippen LogP contribution in [0.4, 0.5) is 8.22 Å². The summed E-state index contributed by atoms with van der Waals surface area (Å²) >= 11 is 0. The Labute approximate surface area is 250 Å². The Morgan fingerprint density at radius 2 is 0.512 bits per heavy atom. The smallest absolute Gasteiger partial charge is 0.267 e. The summed E-state index contributed by atoms with van der Waals surface area (Å²) in [4.78, 5) is 0. The van der Waals surface area contributed by atoms with Crippen LogP contribution >= 0.6 is 0 Å². The van der Waals surface area contributed by atoms with Crippen LogP contribution in [0.25, 0.3) is 0 Å². The molecule has 6 aromatic rings. The van der Waals surface area contributed by atoms with Crippen LogP contribution in [0.5, 0.6) is 0 Å². The largest absolute Gasteiger partial charge is 0.462 e. The molecule has 6 aliphatic carbocycles. The van der Waals surface area contributed by atoms with E-state index in [0.29, 0.717) is 0 Å². The molecule has 0 spiro atoms. The lowest BCUT2D eigenvalue weighted by Gasteiger charge is -2.60. The molecule has 6 aromatic carbocycles. The van der Waals surface area contributed by atoms with Crippen molar-refractivity contribution in [3.8, 4) is 0 Å². The average molecular weight is 573 g/mol. The molecule has 0 fully saturated rings. The highest BCUT2D eigenvalue weighted by atomic mass is 28.4. The van der Waals surface area contributed by atoms with E-state index in [4.69, 9.17) is 0 Å². The molecule has 0 radical (unpaired) electrons. The zero-order valence-electron chi connectivity index (χ0n) is 23.3. The number of rotatable bonds is 2. The first-order valence-electron chi connectivity index (χ1n) is 15.1. The summed E-state index contributed by atoms with van der Waals surface area (Å²) in [6.45, 7) is 0. The van der Waals surface area contributed by atoms with Gasteiger partial charge in [0, 0.05) is 11.8 Å². The molecular weight excluding hydrogens is 547 g/mol. The third-order valence-corrected chi connectivity index (χ3v) is 14.5. The standard InChI is InChI=1S/C40H26F2Si/c41-43(42,39-31-19-7-1-13-25(31)37(26-14-2-8-20-32(26)39)27-15-3-9-21-33(27)39)40-34-22-10-4-16-28(34)38(29-17-5-11-23-35(29)40)30-18-6-12-24-36(30)40/h1-24,37-38H. The maximum absolute atomic E-state index is 19.8. The van der Waals surface area contributed by atoms with Crippen molar-refractivity contribution in [2.45, 2.75) is 21.9 Å². The van der Waals surface area contributed by atoms with Crippen LogP contribution in [0.3, 0.4) is 0 Å². The van der Waals surface area contributed by atoms with E-state index in [1.807, 2.05) is 109 Å². The Kier molecular flexibility index (Phi) is 4.37. The van der Waals surface area contributed by atoms with E-state index in [1.54, 1.807) is 0 Å². The fourth-order valence-corrected chi connectivity index (χ4v) is 13.7. The topological polar surface area (TPSA) is 0 Å². The van der Waals surface area contributed by atoms with Crippen LogP contribution < -0.4 is 0 Å². The summed E-state index contributed by atoms with van der Waals surface area (Å²) in [5.74, 6) is -0.108. The fraction of sp³-hybridized carbons (Fsp3) is 0.100. The molecule has 3 heteroatoms. The minimum absolute atomic E-state index is 0.0540. The summed E-state index contributed by atoms with van der Waals surface area (Å²) in [7, 11) is -5.63. The van der Waals surface area contributed by atoms with Gasteiger partial charge in [0.2, 0.25) is 0 Å². The molecule has 12 rings (SSSR count). The van der Waals surface area contributed by atoms with Crippen LogP contribution in [-0.4, -0.2) is 8.74 Å². The predicted molar refractivity (Wildman–Crippen MR) is 168 cm³/mol. The van der Waals surface area contributed by atoms with Crippen LogP contribution in [0.15, 0.2) is 146 Å². The second kappa shape index (κ2) is 7.86. The molecule has 0 saturated carbocycles. The zero-order valence-corrected chi connectivity index (χ0v) is 24.3. The SMILES string of the molecule is F[Si](F)(C12c3ccccc3C(c3ccccc31)c1ccccc12)C12c3ccccc3C(c3ccccc31)c1ccccc12. The van der Waals surface area contributed by atoms with E-state index in [2.05, 4.69) is 36.4 Å². The van der Waals surface area contributed by atoms with Gasteiger partial charge in [0.25, 0.3) is 0 Å². The van der Waals surface area contributed by atoms with Gasteiger partial charge in [-0.25, -0.2) is 0 Å². The van der Waals surface area contributed by atoms with E-state index in [9.17, 15) is 0 Å². The maximum Gasteiger partial charge on any atom is 0.462 e. The molecule has 0 amide bonds. The Hall–Kier alpha value is -4.60. The van der Waals surface area contributed by atoms with Gasteiger partial charge in [-0.3, -0.25) is 8.22 Å². The lowest BCUT2D eigenvalue weighted by molar-refractivity contribution is 0.440. The van der Waals surface area contributed by atoms with Gasteiger partial charge in [-0.1, -0.05) is 146 Å². The molecule has 0 atom stereocenters. The summed E-state index contributed by atoms with van der Waals surface area (Å²) < 4.78 is 39.5. The van der Waals surface area contributed by atoms with Crippen LogP contribution in [0, 0.1) is 0 Å². The second-order valence-corrected chi connectivity index (χ2v) is 15.1. The van der Waals surface area contributed by atoms with Gasteiger partial charge in [-0.05, 0) is 66.8 Å². The van der Waals surface area contributed by atoms with E-state index in [-0.39, 0.29) is 11.8 Å². The van der Waals surface area contributed by atoms with Crippen molar-refractivity contribution in [3.63, 3.8) is 0 Å². The predicted octanol–water partition coefficient (Wildman–Crippen LogP) is 9.13. The van der Waals surface area contributed by atoms with E-state index < -0.39 is 18.8 Å². The zero-order chi connectivity index (χ0) is 28.6. The third kappa shape index (κ3) is 2.41. The Balaban J connectivity index is 1.46. The van der Waals surface area contributed by atoms with E-state index in [0.717, 1.165) is 66.8 Å². The lowest BCUT2D eigenvalue weighted by atomic mass is 9.59. The fourth-order valence-electron chi connectivity index (χ4n) is 9.71. The van der Waals surface area contributed by atoms with Crippen molar-refractivity contribution in [2.24, 2.45) is 0 Å². The molecule has 0 unspecified atom stereocenters. The molecule has 6 aliphatic rings. The van der Waals surface area contributed by atoms with Gasteiger partial charge in [-0.2, -0.15) is 0 Å². The van der Waals surface area contributed by atoms with Gasteiger partial charge in [-0.15, -0.1) is 0 Å². The van der Waals surface area contributed by atoms with Gasteiger partial charge < -0.3 is 0 Å². The number of hydrogen-bond donors (Lipinski definition) is 0. The molecule has 0 nitrogen and oxygen atoms in total. The Morgan fingerprint density at radius 3 is 0.721 bits per heavy atom. The van der Waals surface area contributed by atoms with Crippen molar-refractivity contribution in [1.82, 2.24) is 0 Å². The summed E-state index contributed by atoms with van der Waals surface area (Å²) in [5.41, 5.74) is 10.8. The molecule has 0 aromatic heterocycles. The molecular formula is C40H26F2Si. The normalized spacial score (nSPS) is 24.7. The van der Waals surface area contributed by atoms with Crippen molar-refractivity contribution in [3.05, 3.63) is 212 Å². The molecule has 4 bridgehead atoms. The van der Waals surface area contributed by atoms with Gasteiger partial charge in [0.1, 0.15) is 0 Å². The molecule has 0 aliphatic heterocycles. The van der Waals surface area contributed by atoms with Crippen LogP contribution in [0.2, 0.25) is 0 Å². The highest BCUT2D eigenvalue weighted by Gasteiger charge is 2.79. The minimum atomic E-state index is -5.63. The Morgan fingerprint density at radius 1 is 0.326 bits per heavy atom. The summed E-state index contributed by atoms with van der Waals surface area (Å²) in [6.07, 6.45) is 0.